The average molecular weight is 309 g/mol. The first-order valence-electron chi connectivity index (χ1n) is 6.71. The second kappa shape index (κ2) is 6.68. The Hall–Kier alpha value is -1.93. The summed E-state index contributed by atoms with van der Waals surface area (Å²) in [5, 5.41) is 9.72. The Kier molecular flexibility index (Phi) is 4.92. The fourth-order valence-corrected chi connectivity index (χ4v) is 2.66. The van der Waals surface area contributed by atoms with Crippen LogP contribution in [0.1, 0.15) is 24.6 Å². The third kappa shape index (κ3) is 4.02. The fourth-order valence-electron chi connectivity index (χ4n) is 1.71. The van der Waals surface area contributed by atoms with Gasteiger partial charge in [0.2, 0.25) is 10.0 Å². The summed E-state index contributed by atoms with van der Waals surface area (Å²) in [5.74, 6) is 0.668. The number of aromatic amines is 1. The van der Waals surface area contributed by atoms with Crippen LogP contribution in [0.25, 0.3) is 0 Å². The summed E-state index contributed by atoms with van der Waals surface area (Å²) < 4.78 is 26.9. The summed E-state index contributed by atoms with van der Waals surface area (Å²) in [6, 6.07) is 3.20. The highest BCUT2D eigenvalue weighted by atomic mass is 32.2. The van der Waals surface area contributed by atoms with Gasteiger partial charge in [0, 0.05) is 30.5 Å². The van der Waals surface area contributed by atoms with E-state index in [0.29, 0.717) is 5.82 Å². The second-order valence-electron chi connectivity index (χ2n) is 4.65. The number of nitrogens with zero attached hydrogens (tertiary/aromatic N) is 2. The Labute approximate surface area is 124 Å². The molecule has 0 atom stereocenters. The van der Waals surface area contributed by atoms with E-state index in [2.05, 4.69) is 25.2 Å². The Bertz CT molecular complexity index is 679. The predicted octanol–water partition coefficient (Wildman–Crippen LogP) is 1.41. The van der Waals surface area contributed by atoms with Gasteiger partial charge in [0.05, 0.1) is 6.20 Å². The van der Waals surface area contributed by atoms with E-state index in [1.807, 2.05) is 13.8 Å². The van der Waals surface area contributed by atoms with E-state index in [0.717, 1.165) is 24.2 Å². The number of aryl methyl sites for hydroxylation is 1. The molecule has 0 amide bonds. The number of pyridine rings is 1. The highest BCUT2D eigenvalue weighted by Gasteiger charge is 2.15. The van der Waals surface area contributed by atoms with E-state index in [9.17, 15) is 8.42 Å². The highest BCUT2D eigenvalue weighted by Crippen LogP contribution is 2.12. The standard InChI is InChI=1S/C13H19N5O2S/c1-3-6-14-13-5-4-12(9-15-13)21(19,20)17-8-11-7-16-18-10(11)2/h4-5,7,9,17H,3,6,8H2,1-2H3,(H,14,15)(H,16,18). The van der Waals surface area contributed by atoms with Gasteiger partial charge in [-0.2, -0.15) is 5.10 Å². The first-order chi connectivity index (χ1) is 10.0. The van der Waals surface area contributed by atoms with Crippen LogP contribution in [-0.4, -0.2) is 30.1 Å². The number of sulfonamides is 1. The van der Waals surface area contributed by atoms with Gasteiger partial charge < -0.3 is 5.32 Å². The molecule has 2 aromatic rings. The maximum atomic E-state index is 12.2. The second-order valence-corrected chi connectivity index (χ2v) is 6.42. The van der Waals surface area contributed by atoms with E-state index < -0.39 is 10.0 Å². The van der Waals surface area contributed by atoms with Crippen molar-refractivity contribution in [3.8, 4) is 0 Å². The van der Waals surface area contributed by atoms with Gasteiger partial charge >= 0.3 is 0 Å². The topological polar surface area (TPSA) is 99.8 Å². The number of hydrogen-bond acceptors (Lipinski definition) is 5. The molecule has 0 spiro atoms. The molecular weight excluding hydrogens is 290 g/mol. The highest BCUT2D eigenvalue weighted by molar-refractivity contribution is 7.89. The van der Waals surface area contributed by atoms with Gasteiger partial charge in [-0.25, -0.2) is 18.1 Å². The molecule has 21 heavy (non-hydrogen) atoms. The lowest BCUT2D eigenvalue weighted by Gasteiger charge is -2.07. The smallest absolute Gasteiger partial charge is 0.242 e. The van der Waals surface area contributed by atoms with Crippen molar-refractivity contribution in [3.63, 3.8) is 0 Å². The first-order valence-corrected chi connectivity index (χ1v) is 8.19. The van der Waals surface area contributed by atoms with Crippen molar-refractivity contribution in [2.24, 2.45) is 0 Å². The number of aromatic nitrogens is 3. The molecule has 2 heterocycles. The van der Waals surface area contributed by atoms with Crippen molar-refractivity contribution in [1.29, 1.82) is 0 Å². The molecule has 114 valence electrons. The zero-order valence-electron chi connectivity index (χ0n) is 12.0. The first kappa shape index (κ1) is 15.5. The van der Waals surface area contributed by atoms with Gasteiger partial charge in [-0.3, -0.25) is 5.10 Å². The van der Waals surface area contributed by atoms with Crippen molar-refractivity contribution >= 4 is 15.8 Å². The van der Waals surface area contributed by atoms with Crippen LogP contribution in [-0.2, 0) is 16.6 Å². The van der Waals surface area contributed by atoms with Gasteiger partial charge in [-0.05, 0) is 25.5 Å². The molecule has 0 radical (unpaired) electrons. The number of anilines is 1. The van der Waals surface area contributed by atoms with Crippen LogP contribution >= 0.6 is 0 Å². The molecule has 0 unspecified atom stereocenters. The molecule has 0 fully saturated rings. The molecule has 2 aromatic heterocycles. The van der Waals surface area contributed by atoms with Crippen LogP contribution in [0.4, 0.5) is 5.82 Å². The van der Waals surface area contributed by atoms with Crippen molar-refractivity contribution in [3.05, 3.63) is 35.8 Å². The minimum Gasteiger partial charge on any atom is -0.370 e. The average Bonchev–Trinajstić information content (AvgIpc) is 2.89. The predicted molar refractivity (Wildman–Crippen MR) is 80.4 cm³/mol. The van der Waals surface area contributed by atoms with Crippen LogP contribution in [0, 0.1) is 6.92 Å². The largest absolute Gasteiger partial charge is 0.370 e. The van der Waals surface area contributed by atoms with E-state index in [4.69, 9.17) is 0 Å². The third-order valence-corrected chi connectivity index (χ3v) is 4.38. The molecule has 0 aliphatic carbocycles. The Morgan fingerprint density at radius 1 is 1.29 bits per heavy atom. The lowest BCUT2D eigenvalue weighted by molar-refractivity contribution is 0.581. The van der Waals surface area contributed by atoms with Crippen molar-refractivity contribution in [2.45, 2.75) is 31.7 Å². The summed E-state index contributed by atoms with van der Waals surface area (Å²) in [6.45, 7) is 4.89. The van der Waals surface area contributed by atoms with Gasteiger partial charge in [-0.15, -0.1) is 0 Å². The molecule has 0 aliphatic heterocycles. The third-order valence-electron chi connectivity index (χ3n) is 2.99. The van der Waals surface area contributed by atoms with Crippen LogP contribution in [0.5, 0.6) is 0 Å². The fraction of sp³-hybridized carbons (Fsp3) is 0.385. The zero-order valence-corrected chi connectivity index (χ0v) is 12.9. The van der Waals surface area contributed by atoms with Crippen LogP contribution in [0.2, 0.25) is 0 Å². The monoisotopic (exact) mass is 309 g/mol. The maximum Gasteiger partial charge on any atom is 0.242 e. The van der Waals surface area contributed by atoms with Crippen molar-refractivity contribution in [1.82, 2.24) is 19.9 Å². The van der Waals surface area contributed by atoms with Crippen molar-refractivity contribution < 1.29 is 8.42 Å². The molecule has 0 bridgehead atoms. The van der Waals surface area contributed by atoms with E-state index in [1.165, 1.54) is 12.3 Å². The van der Waals surface area contributed by atoms with Crippen LogP contribution < -0.4 is 10.0 Å². The minimum absolute atomic E-state index is 0.144. The summed E-state index contributed by atoms with van der Waals surface area (Å²) in [4.78, 5) is 4.24. The van der Waals surface area contributed by atoms with E-state index in [1.54, 1.807) is 12.3 Å². The molecule has 3 N–H and O–H groups in total. The van der Waals surface area contributed by atoms with Crippen LogP contribution in [0.3, 0.4) is 0 Å². The Balaban J connectivity index is 2.03. The normalized spacial score (nSPS) is 11.5. The maximum absolute atomic E-state index is 12.2. The SMILES string of the molecule is CCCNc1ccc(S(=O)(=O)NCc2cn[nH]c2C)cn1. The van der Waals surface area contributed by atoms with Gasteiger partial charge in [0.15, 0.2) is 0 Å². The molecule has 2 rings (SSSR count). The van der Waals surface area contributed by atoms with Crippen molar-refractivity contribution in [2.75, 3.05) is 11.9 Å². The summed E-state index contributed by atoms with van der Waals surface area (Å²) in [7, 11) is -3.57. The molecule has 8 heteroatoms. The summed E-state index contributed by atoms with van der Waals surface area (Å²) >= 11 is 0. The molecule has 0 saturated heterocycles. The van der Waals surface area contributed by atoms with Crippen LogP contribution in [0.15, 0.2) is 29.4 Å². The quantitative estimate of drug-likeness (QED) is 0.718. The minimum atomic E-state index is -3.57. The van der Waals surface area contributed by atoms with Gasteiger partial charge in [-0.1, -0.05) is 6.92 Å². The molecule has 0 aliphatic rings. The molecule has 0 aromatic carbocycles. The van der Waals surface area contributed by atoms with Gasteiger partial charge in [0.25, 0.3) is 0 Å². The summed E-state index contributed by atoms with van der Waals surface area (Å²) in [6.07, 6.45) is 3.93. The zero-order chi connectivity index (χ0) is 15.3. The Morgan fingerprint density at radius 3 is 2.67 bits per heavy atom. The number of nitrogens with one attached hydrogen (secondary N) is 3. The number of H-pyrrole nitrogens is 1. The summed E-state index contributed by atoms with van der Waals surface area (Å²) in [5.41, 5.74) is 1.66. The number of hydrogen-bond donors (Lipinski definition) is 3. The van der Waals surface area contributed by atoms with Gasteiger partial charge in [0.1, 0.15) is 10.7 Å². The van der Waals surface area contributed by atoms with E-state index >= 15 is 0 Å². The number of rotatable bonds is 7. The molecule has 7 nitrogen and oxygen atoms in total. The lowest BCUT2D eigenvalue weighted by atomic mass is 10.3. The molecular formula is C13H19N5O2S. The lowest BCUT2D eigenvalue weighted by Crippen LogP contribution is -2.23. The Morgan fingerprint density at radius 2 is 2.10 bits per heavy atom. The molecule has 0 saturated carbocycles. The van der Waals surface area contributed by atoms with E-state index in [-0.39, 0.29) is 11.4 Å².